The quantitative estimate of drug-likeness (QED) is 0.453. The SMILES string of the molecule is O=C(NCCN1CCCC1)[C@H](Cc1ccc(Cl)cc1Cl)NC(=O)C1(c2ccc(Cl)cc2Cl)CC1. The molecule has 2 N–H and O–H groups in total. The van der Waals surface area contributed by atoms with Gasteiger partial charge in [-0.25, -0.2) is 0 Å². The van der Waals surface area contributed by atoms with Crippen molar-refractivity contribution in [3.63, 3.8) is 0 Å². The van der Waals surface area contributed by atoms with Crippen molar-refractivity contribution >= 4 is 58.2 Å². The smallest absolute Gasteiger partial charge is 0.242 e. The van der Waals surface area contributed by atoms with E-state index in [1.54, 1.807) is 36.4 Å². The van der Waals surface area contributed by atoms with Crippen molar-refractivity contribution in [3.05, 3.63) is 67.6 Å². The van der Waals surface area contributed by atoms with Gasteiger partial charge in [0.25, 0.3) is 0 Å². The van der Waals surface area contributed by atoms with E-state index in [2.05, 4.69) is 15.5 Å². The Morgan fingerprint density at radius 3 is 2.21 bits per heavy atom. The zero-order valence-electron chi connectivity index (χ0n) is 18.7. The molecular weight excluding hydrogens is 516 g/mol. The number of hydrogen-bond donors (Lipinski definition) is 2. The third-order valence-electron chi connectivity index (χ3n) is 6.62. The van der Waals surface area contributed by atoms with Crippen LogP contribution in [-0.4, -0.2) is 48.9 Å². The summed E-state index contributed by atoms with van der Waals surface area (Å²) in [5.74, 6) is -0.460. The van der Waals surface area contributed by atoms with Crippen LogP contribution >= 0.6 is 46.4 Å². The minimum atomic E-state index is -0.784. The van der Waals surface area contributed by atoms with Crippen LogP contribution in [0.25, 0.3) is 0 Å². The number of benzene rings is 2. The number of nitrogens with zero attached hydrogens (tertiary/aromatic N) is 1. The molecule has 1 saturated carbocycles. The van der Waals surface area contributed by atoms with Crippen molar-refractivity contribution in [3.8, 4) is 0 Å². The van der Waals surface area contributed by atoms with Gasteiger partial charge in [0.05, 0.1) is 5.41 Å². The summed E-state index contributed by atoms with van der Waals surface area (Å²) in [6, 6.07) is 9.52. The normalized spacial score (nSPS) is 17.9. The van der Waals surface area contributed by atoms with E-state index < -0.39 is 11.5 Å². The van der Waals surface area contributed by atoms with Crippen molar-refractivity contribution in [2.75, 3.05) is 26.2 Å². The highest BCUT2D eigenvalue weighted by Gasteiger charge is 2.53. The maximum atomic E-state index is 13.4. The molecule has 0 spiro atoms. The van der Waals surface area contributed by atoms with Gasteiger partial charge in [-0.15, -0.1) is 0 Å². The first-order valence-corrected chi connectivity index (χ1v) is 13.0. The van der Waals surface area contributed by atoms with Crippen LogP contribution < -0.4 is 10.6 Å². The number of halogens is 4. The van der Waals surface area contributed by atoms with Gasteiger partial charge >= 0.3 is 0 Å². The highest BCUT2D eigenvalue weighted by atomic mass is 35.5. The van der Waals surface area contributed by atoms with E-state index in [9.17, 15) is 9.59 Å². The van der Waals surface area contributed by atoms with Gasteiger partial charge in [0.2, 0.25) is 11.8 Å². The molecule has 4 rings (SSSR count). The third-order valence-corrected chi connectivity index (χ3v) is 7.75. The molecule has 0 radical (unpaired) electrons. The molecule has 182 valence electrons. The fourth-order valence-corrected chi connectivity index (χ4v) is 5.58. The Labute approximate surface area is 220 Å². The summed E-state index contributed by atoms with van der Waals surface area (Å²) >= 11 is 24.9. The molecule has 2 aromatic rings. The molecule has 5 nitrogen and oxygen atoms in total. The first-order valence-electron chi connectivity index (χ1n) is 11.5. The molecule has 1 saturated heterocycles. The van der Waals surface area contributed by atoms with Gasteiger partial charge < -0.3 is 15.5 Å². The second-order valence-electron chi connectivity index (χ2n) is 9.01. The van der Waals surface area contributed by atoms with Gasteiger partial charge in [0.15, 0.2) is 0 Å². The summed E-state index contributed by atoms with van der Waals surface area (Å²) in [6.07, 6.45) is 3.95. The Balaban J connectivity index is 1.49. The molecule has 1 aliphatic carbocycles. The predicted octanol–water partition coefficient (Wildman–Crippen LogP) is 5.27. The molecule has 0 bridgehead atoms. The lowest BCUT2D eigenvalue weighted by Crippen LogP contribution is -2.51. The molecule has 2 aromatic carbocycles. The number of likely N-dealkylation sites (tertiary alicyclic amines) is 1. The molecule has 0 unspecified atom stereocenters. The topological polar surface area (TPSA) is 61.4 Å². The van der Waals surface area contributed by atoms with Crippen LogP contribution in [0.4, 0.5) is 0 Å². The average molecular weight is 543 g/mol. The van der Waals surface area contributed by atoms with Crippen LogP contribution in [0.2, 0.25) is 20.1 Å². The fourth-order valence-electron chi connectivity index (χ4n) is 4.50. The number of rotatable bonds is 9. The highest BCUT2D eigenvalue weighted by molar-refractivity contribution is 6.35. The molecule has 2 fully saturated rings. The van der Waals surface area contributed by atoms with Crippen LogP contribution in [0, 0.1) is 0 Å². The molecule has 1 heterocycles. The lowest BCUT2D eigenvalue weighted by molar-refractivity contribution is -0.130. The van der Waals surface area contributed by atoms with Crippen LogP contribution in [0.15, 0.2) is 36.4 Å². The van der Waals surface area contributed by atoms with Gasteiger partial charge in [-0.05, 0) is 74.2 Å². The first-order chi connectivity index (χ1) is 16.3. The van der Waals surface area contributed by atoms with Gasteiger partial charge in [-0.3, -0.25) is 9.59 Å². The van der Waals surface area contributed by atoms with E-state index in [1.807, 2.05) is 0 Å². The minimum Gasteiger partial charge on any atom is -0.353 e. The zero-order valence-corrected chi connectivity index (χ0v) is 21.7. The van der Waals surface area contributed by atoms with Gasteiger partial charge in [-0.2, -0.15) is 0 Å². The predicted molar refractivity (Wildman–Crippen MR) is 138 cm³/mol. The Bertz CT molecular complexity index is 1070. The molecule has 1 aliphatic heterocycles. The molecule has 9 heteroatoms. The summed E-state index contributed by atoms with van der Waals surface area (Å²) in [5.41, 5.74) is 0.716. The zero-order chi connectivity index (χ0) is 24.3. The average Bonchev–Trinajstić information content (AvgIpc) is 3.42. The number of nitrogens with one attached hydrogen (secondary N) is 2. The Morgan fingerprint density at radius 2 is 1.59 bits per heavy atom. The number of hydrogen-bond acceptors (Lipinski definition) is 3. The Morgan fingerprint density at radius 1 is 0.941 bits per heavy atom. The van der Waals surface area contributed by atoms with E-state index in [1.165, 1.54) is 12.8 Å². The fraction of sp³-hybridized carbons (Fsp3) is 0.440. The van der Waals surface area contributed by atoms with Crippen LogP contribution in [0.1, 0.15) is 36.8 Å². The van der Waals surface area contributed by atoms with Crippen molar-refractivity contribution < 1.29 is 9.59 Å². The summed E-state index contributed by atoms with van der Waals surface area (Å²) in [6.45, 7) is 3.42. The lowest BCUT2D eigenvalue weighted by atomic mass is 9.94. The van der Waals surface area contributed by atoms with E-state index in [4.69, 9.17) is 46.4 Å². The lowest BCUT2D eigenvalue weighted by Gasteiger charge is -2.24. The number of carbonyl (C=O) groups excluding carboxylic acids is 2. The number of carbonyl (C=O) groups is 2. The second kappa shape index (κ2) is 11.0. The third kappa shape index (κ3) is 6.00. The van der Waals surface area contributed by atoms with Crippen LogP contribution in [0.3, 0.4) is 0 Å². The Kier molecular flexibility index (Phi) is 8.32. The van der Waals surface area contributed by atoms with Crippen molar-refractivity contribution in [2.45, 2.75) is 43.6 Å². The van der Waals surface area contributed by atoms with Crippen molar-refractivity contribution in [1.82, 2.24) is 15.5 Å². The molecule has 34 heavy (non-hydrogen) atoms. The Hall–Kier alpha value is -1.50. The van der Waals surface area contributed by atoms with Crippen molar-refractivity contribution in [2.24, 2.45) is 0 Å². The van der Waals surface area contributed by atoms with E-state index >= 15 is 0 Å². The van der Waals surface area contributed by atoms with Gasteiger partial charge in [0, 0.05) is 39.6 Å². The molecule has 0 aromatic heterocycles. The van der Waals surface area contributed by atoms with E-state index in [-0.39, 0.29) is 18.2 Å². The van der Waals surface area contributed by atoms with Crippen LogP contribution in [0.5, 0.6) is 0 Å². The number of amides is 2. The van der Waals surface area contributed by atoms with Gasteiger partial charge in [0.1, 0.15) is 6.04 Å². The first kappa shape index (κ1) is 25.6. The monoisotopic (exact) mass is 541 g/mol. The molecular formula is C25H27Cl4N3O2. The summed E-state index contributed by atoms with van der Waals surface area (Å²) < 4.78 is 0. The van der Waals surface area contributed by atoms with Crippen molar-refractivity contribution in [1.29, 1.82) is 0 Å². The summed E-state index contributed by atoms with van der Waals surface area (Å²) in [7, 11) is 0. The largest absolute Gasteiger partial charge is 0.353 e. The van der Waals surface area contributed by atoms with Crippen LogP contribution in [-0.2, 0) is 21.4 Å². The van der Waals surface area contributed by atoms with Gasteiger partial charge in [-0.1, -0.05) is 58.5 Å². The second-order valence-corrected chi connectivity index (χ2v) is 10.7. The minimum absolute atomic E-state index is 0.221. The maximum absolute atomic E-state index is 13.4. The molecule has 1 atom stereocenters. The highest BCUT2D eigenvalue weighted by Crippen LogP contribution is 2.51. The summed E-state index contributed by atoms with van der Waals surface area (Å²) in [5, 5.41) is 7.90. The van der Waals surface area contributed by atoms with E-state index in [0.29, 0.717) is 39.5 Å². The molecule has 2 aliphatic rings. The maximum Gasteiger partial charge on any atom is 0.242 e. The standard InChI is InChI=1S/C25H27Cl4N3O2/c26-17-4-3-16(20(28)14-17)13-22(23(33)30-9-12-32-10-1-2-11-32)31-24(34)25(7-8-25)19-6-5-18(27)15-21(19)29/h3-6,14-15,22H,1-2,7-13H2,(H,30,33)(H,31,34)/t22-/m0/s1. The molecule has 2 amide bonds. The summed E-state index contributed by atoms with van der Waals surface area (Å²) in [4.78, 5) is 28.9. The van der Waals surface area contributed by atoms with E-state index in [0.717, 1.165) is 30.8 Å².